The molecule has 2 saturated heterocycles. The third-order valence-electron chi connectivity index (χ3n) is 6.63. The van der Waals surface area contributed by atoms with Crippen molar-refractivity contribution in [2.75, 3.05) is 26.2 Å². The van der Waals surface area contributed by atoms with Crippen LogP contribution >= 0.6 is 11.3 Å². The van der Waals surface area contributed by atoms with Gasteiger partial charge in [0.25, 0.3) is 5.91 Å². The highest BCUT2D eigenvalue weighted by Gasteiger charge is 2.33. The monoisotopic (exact) mass is 425 g/mol. The molecular formula is C24H31N3O2S. The normalized spacial score (nSPS) is 18.6. The van der Waals surface area contributed by atoms with Crippen molar-refractivity contribution in [3.05, 3.63) is 40.4 Å². The van der Waals surface area contributed by atoms with Gasteiger partial charge in [-0.1, -0.05) is 36.8 Å². The molecule has 0 aliphatic carbocycles. The molecule has 0 saturated carbocycles. The second-order valence-electron chi connectivity index (χ2n) is 8.75. The van der Waals surface area contributed by atoms with Crippen LogP contribution in [0.5, 0.6) is 0 Å². The number of aryl methyl sites for hydroxylation is 2. The number of benzene rings is 1. The molecule has 1 atom stereocenters. The van der Waals surface area contributed by atoms with Crippen molar-refractivity contribution in [2.45, 2.75) is 46.5 Å². The molecule has 160 valence electrons. The molecule has 2 fully saturated rings. The SMILES string of the molecule is Cc1ccc(-c2nc(C)c(C(=O)N3CCC(C(C)C(=O)N4CCCC4)CC3)s2)cc1. The molecular weight excluding hydrogens is 394 g/mol. The second-order valence-corrected chi connectivity index (χ2v) is 9.75. The summed E-state index contributed by atoms with van der Waals surface area (Å²) in [7, 11) is 0. The summed E-state index contributed by atoms with van der Waals surface area (Å²) in [4.78, 5) is 35.3. The molecule has 1 aromatic heterocycles. The van der Waals surface area contributed by atoms with Gasteiger partial charge in [-0.3, -0.25) is 9.59 Å². The number of piperidine rings is 1. The van der Waals surface area contributed by atoms with Gasteiger partial charge in [-0.25, -0.2) is 4.98 Å². The Bertz CT molecular complexity index is 907. The predicted octanol–water partition coefficient (Wildman–Crippen LogP) is 4.54. The zero-order valence-electron chi connectivity index (χ0n) is 18.2. The van der Waals surface area contributed by atoms with Crippen LogP contribution in [-0.4, -0.2) is 52.8 Å². The molecule has 2 aliphatic heterocycles. The molecule has 1 unspecified atom stereocenters. The van der Waals surface area contributed by atoms with Crippen LogP contribution in [0.25, 0.3) is 10.6 Å². The Hall–Kier alpha value is -2.21. The van der Waals surface area contributed by atoms with E-state index in [1.165, 1.54) is 16.9 Å². The Morgan fingerprint density at radius 3 is 2.27 bits per heavy atom. The highest BCUT2D eigenvalue weighted by Crippen LogP contribution is 2.32. The summed E-state index contributed by atoms with van der Waals surface area (Å²) in [5.74, 6) is 0.810. The molecule has 6 heteroatoms. The van der Waals surface area contributed by atoms with Crippen molar-refractivity contribution in [1.82, 2.24) is 14.8 Å². The first-order chi connectivity index (χ1) is 14.4. The fourth-order valence-corrected chi connectivity index (χ4v) is 5.63. The van der Waals surface area contributed by atoms with E-state index in [1.807, 2.05) is 16.7 Å². The van der Waals surface area contributed by atoms with Gasteiger partial charge in [-0.15, -0.1) is 11.3 Å². The Morgan fingerprint density at radius 1 is 1.00 bits per heavy atom. The number of nitrogens with zero attached hydrogens (tertiary/aromatic N) is 3. The van der Waals surface area contributed by atoms with Crippen LogP contribution in [-0.2, 0) is 4.79 Å². The highest BCUT2D eigenvalue weighted by molar-refractivity contribution is 7.17. The molecule has 0 radical (unpaired) electrons. The van der Waals surface area contributed by atoms with Gasteiger partial charge in [0, 0.05) is 37.7 Å². The number of likely N-dealkylation sites (tertiary alicyclic amines) is 2. The van der Waals surface area contributed by atoms with Crippen molar-refractivity contribution in [3.63, 3.8) is 0 Å². The van der Waals surface area contributed by atoms with E-state index in [0.29, 0.717) is 11.8 Å². The number of carbonyl (C=O) groups excluding carboxylic acids is 2. The smallest absolute Gasteiger partial charge is 0.265 e. The maximum absolute atomic E-state index is 13.2. The third-order valence-corrected chi connectivity index (χ3v) is 7.83. The second kappa shape index (κ2) is 8.88. The zero-order chi connectivity index (χ0) is 21.3. The van der Waals surface area contributed by atoms with Crippen LogP contribution in [0, 0.1) is 25.7 Å². The van der Waals surface area contributed by atoms with Gasteiger partial charge in [0.15, 0.2) is 0 Å². The lowest BCUT2D eigenvalue weighted by Crippen LogP contribution is -2.43. The summed E-state index contributed by atoms with van der Waals surface area (Å²) < 4.78 is 0. The van der Waals surface area contributed by atoms with Gasteiger partial charge in [0.05, 0.1) is 5.69 Å². The number of hydrogen-bond acceptors (Lipinski definition) is 4. The van der Waals surface area contributed by atoms with Crippen molar-refractivity contribution in [2.24, 2.45) is 11.8 Å². The van der Waals surface area contributed by atoms with E-state index in [2.05, 4.69) is 43.1 Å². The van der Waals surface area contributed by atoms with Gasteiger partial charge in [-0.2, -0.15) is 0 Å². The van der Waals surface area contributed by atoms with Crippen molar-refractivity contribution >= 4 is 23.2 Å². The molecule has 0 bridgehead atoms. The molecule has 2 aliphatic rings. The van der Waals surface area contributed by atoms with Crippen LogP contribution < -0.4 is 0 Å². The minimum absolute atomic E-state index is 0.0543. The summed E-state index contributed by atoms with van der Waals surface area (Å²) >= 11 is 1.49. The van der Waals surface area contributed by atoms with Crippen molar-refractivity contribution in [1.29, 1.82) is 0 Å². The number of thiazole rings is 1. The first-order valence-electron chi connectivity index (χ1n) is 11.1. The van der Waals surface area contributed by atoms with Crippen LogP contribution in [0.3, 0.4) is 0 Å². The topological polar surface area (TPSA) is 53.5 Å². The molecule has 2 aromatic rings. The summed E-state index contributed by atoms with van der Waals surface area (Å²) in [5.41, 5.74) is 3.07. The van der Waals surface area contributed by atoms with Crippen LogP contribution in [0.2, 0.25) is 0 Å². The quantitative estimate of drug-likeness (QED) is 0.723. The average molecular weight is 426 g/mol. The number of rotatable bonds is 4. The summed E-state index contributed by atoms with van der Waals surface area (Å²) in [6.07, 6.45) is 4.05. The molecule has 0 N–H and O–H groups in total. The van der Waals surface area contributed by atoms with Gasteiger partial charge >= 0.3 is 0 Å². The number of aromatic nitrogens is 1. The first-order valence-corrected chi connectivity index (χ1v) is 11.9. The number of amides is 2. The van der Waals surface area contributed by atoms with E-state index in [9.17, 15) is 9.59 Å². The lowest BCUT2D eigenvalue weighted by Gasteiger charge is -2.35. The zero-order valence-corrected chi connectivity index (χ0v) is 19.0. The molecule has 30 heavy (non-hydrogen) atoms. The fourth-order valence-electron chi connectivity index (χ4n) is 4.59. The van der Waals surface area contributed by atoms with Crippen molar-refractivity contribution < 1.29 is 9.59 Å². The molecule has 0 spiro atoms. The van der Waals surface area contributed by atoms with Crippen LogP contribution in [0.15, 0.2) is 24.3 Å². The highest BCUT2D eigenvalue weighted by atomic mass is 32.1. The Morgan fingerprint density at radius 2 is 1.63 bits per heavy atom. The molecule has 3 heterocycles. The molecule has 1 aromatic carbocycles. The van der Waals surface area contributed by atoms with E-state index < -0.39 is 0 Å². The molecule has 5 nitrogen and oxygen atoms in total. The number of carbonyl (C=O) groups is 2. The van der Waals surface area contributed by atoms with Gasteiger partial charge in [0.1, 0.15) is 9.88 Å². The number of hydrogen-bond donors (Lipinski definition) is 0. The summed E-state index contributed by atoms with van der Waals surface area (Å²) in [6, 6.07) is 8.27. The van der Waals surface area contributed by atoms with E-state index in [0.717, 1.165) is 73.0 Å². The summed E-state index contributed by atoms with van der Waals surface area (Å²) in [5, 5.41) is 0.899. The lowest BCUT2D eigenvalue weighted by molar-refractivity contribution is -0.136. The molecule has 2 amide bonds. The average Bonchev–Trinajstić information content (AvgIpc) is 3.43. The Kier molecular flexibility index (Phi) is 6.23. The van der Waals surface area contributed by atoms with Gasteiger partial charge < -0.3 is 9.80 Å². The van der Waals surface area contributed by atoms with Crippen LogP contribution in [0.1, 0.15) is 53.5 Å². The molecule has 4 rings (SSSR count). The van der Waals surface area contributed by atoms with Crippen molar-refractivity contribution in [3.8, 4) is 10.6 Å². The van der Waals surface area contributed by atoms with Gasteiger partial charge in [0.2, 0.25) is 5.91 Å². The maximum atomic E-state index is 13.2. The van der Waals surface area contributed by atoms with E-state index in [4.69, 9.17) is 0 Å². The largest absolute Gasteiger partial charge is 0.342 e. The Labute approximate surface area is 183 Å². The standard InChI is InChI=1S/C24H31N3O2S/c1-16-6-8-20(9-7-16)22-25-18(3)21(30-22)24(29)27-14-10-19(11-15-27)17(2)23(28)26-12-4-5-13-26/h6-9,17,19H,4-5,10-15H2,1-3H3. The Balaban J connectivity index is 1.38. The van der Waals surface area contributed by atoms with E-state index in [-0.39, 0.29) is 11.8 Å². The van der Waals surface area contributed by atoms with E-state index in [1.54, 1.807) is 0 Å². The van der Waals surface area contributed by atoms with E-state index >= 15 is 0 Å². The van der Waals surface area contributed by atoms with Gasteiger partial charge in [-0.05, 0) is 45.4 Å². The summed E-state index contributed by atoms with van der Waals surface area (Å²) in [6.45, 7) is 9.32. The minimum atomic E-state index is 0.0543. The fraction of sp³-hybridized carbons (Fsp3) is 0.542. The van der Waals surface area contributed by atoms with Crippen LogP contribution in [0.4, 0.5) is 0 Å². The third kappa shape index (κ3) is 4.29. The lowest BCUT2D eigenvalue weighted by atomic mass is 9.84. The maximum Gasteiger partial charge on any atom is 0.265 e. The predicted molar refractivity (Wildman–Crippen MR) is 121 cm³/mol. The minimum Gasteiger partial charge on any atom is -0.342 e. The first kappa shape index (κ1) is 21.0.